The summed E-state index contributed by atoms with van der Waals surface area (Å²) in [6.07, 6.45) is 4.30. The van der Waals surface area contributed by atoms with Crippen LogP contribution in [0.5, 0.6) is 0 Å². The molecule has 0 aliphatic heterocycles. The molecule has 6 nitrogen and oxygen atoms in total. The number of nitrogens with one attached hydrogen (secondary N) is 1. The monoisotopic (exact) mass is 405 g/mol. The number of aromatic nitrogens is 4. The average Bonchev–Trinajstić information content (AvgIpc) is 3.16. The first kappa shape index (κ1) is 21.6. The first-order chi connectivity index (χ1) is 14.3. The molecule has 1 aromatic carbocycles. The SMILES string of the molecule is Cc1ccc(Cn2nc(C)c(/C=C/C(=O)NCCCn3nc(C)cc3C)c2C)cc1. The van der Waals surface area contributed by atoms with E-state index in [1.807, 2.05) is 43.1 Å². The van der Waals surface area contributed by atoms with Crippen molar-refractivity contribution >= 4 is 12.0 Å². The van der Waals surface area contributed by atoms with Crippen molar-refractivity contribution < 1.29 is 4.79 Å². The lowest BCUT2D eigenvalue weighted by Crippen LogP contribution is -2.23. The van der Waals surface area contributed by atoms with Crippen molar-refractivity contribution in [2.45, 2.75) is 54.1 Å². The number of amides is 1. The van der Waals surface area contributed by atoms with Crippen LogP contribution in [0.4, 0.5) is 0 Å². The lowest BCUT2D eigenvalue weighted by atomic mass is 10.1. The summed E-state index contributed by atoms with van der Waals surface area (Å²) in [6.45, 7) is 12.3. The second-order valence-electron chi connectivity index (χ2n) is 7.86. The van der Waals surface area contributed by atoms with Gasteiger partial charge in [-0.3, -0.25) is 14.2 Å². The van der Waals surface area contributed by atoms with Crippen molar-refractivity contribution in [2.24, 2.45) is 0 Å². The van der Waals surface area contributed by atoms with Crippen molar-refractivity contribution in [2.75, 3.05) is 6.54 Å². The summed E-state index contributed by atoms with van der Waals surface area (Å²) in [4.78, 5) is 12.2. The first-order valence-electron chi connectivity index (χ1n) is 10.4. The van der Waals surface area contributed by atoms with E-state index in [0.717, 1.165) is 47.8 Å². The highest BCUT2D eigenvalue weighted by molar-refractivity contribution is 5.91. The third-order valence-electron chi connectivity index (χ3n) is 5.24. The van der Waals surface area contributed by atoms with Crippen molar-refractivity contribution in [1.29, 1.82) is 0 Å². The molecule has 0 saturated carbocycles. The fourth-order valence-corrected chi connectivity index (χ4v) is 3.53. The highest BCUT2D eigenvalue weighted by atomic mass is 16.1. The molecule has 0 atom stereocenters. The van der Waals surface area contributed by atoms with Crippen LogP contribution in [0.3, 0.4) is 0 Å². The summed E-state index contributed by atoms with van der Waals surface area (Å²) >= 11 is 0. The number of nitrogens with zero attached hydrogens (tertiary/aromatic N) is 4. The highest BCUT2D eigenvalue weighted by Crippen LogP contribution is 2.16. The molecule has 0 aliphatic rings. The molecule has 2 aromatic heterocycles. The minimum Gasteiger partial charge on any atom is -0.352 e. The van der Waals surface area contributed by atoms with E-state index in [1.165, 1.54) is 11.1 Å². The summed E-state index contributed by atoms with van der Waals surface area (Å²) in [7, 11) is 0. The van der Waals surface area contributed by atoms with Crippen molar-refractivity contribution in [1.82, 2.24) is 24.9 Å². The van der Waals surface area contributed by atoms with E-state index >= 15 is 0 Å². The van der Waals surface area contributed by atoms with E-state index in [4.69, 9.17) is 0 Å². The van der Waals surface area contributed by atoms with Crippen molar-refractivity contribution in [3.05, 3.63) is 75.9 Å². The Morgan fingerprint density at radius 2 is 1.77 bits per heavy atom. The molecule has 0 spiro atoms. The van der Waals surface area contributed by atoms with E-state index in [-0.39, 0.29) is 5.91 Å². The Morgan fingerprint density at radius 1 is 1.03 bits per heavy atom. The maximum atomic E-state index is 12.2. The number of hydrogen-bond acceptors (Lipinski definition) is 3. The Kier molecular flexibility index (Phi) is 6.87. The molecule has 6 heteroatoms. The zero-order valence-electron chi connectivity index (χ0n) is 18.6. The fourth-order valence-electron chi connectivity index (χ4n) is 3.53. The van der Waals surface area contributed by atoms with E-state index in [1.54, 1.807) is 6.08 Å². The molecule has 3 aromatic rings. The quantitative estimate of drug-likeness (QED) is 0.457. The summed E-state index contributed by atoms with van der Waals surface area (Å²) < 4.78 is 3.97. The van der Waals surface area contributed by atoms with Gasteiger partial charge in [0.1, 0.15) is 0 Å². The van der Waals surface area contributed by atoms with Gasteiger partial charge in [0, 0.05) is 36.1 Å². The molecule has 0 fully saturated rings. The Morgan fingerprint density at radius 3 is 2.43 bits per heavy atom. The molecular weight excluding hydrogens is 374 g/mol. The van der Waals surface area contributed by atoms with Crippen LogP contribution in [0.2, 0.25) is 0 Å². The number of benzene rings is 1. The van der Waals surface area contributed by atoms with E-state index in [0.29, 0.717) is 6.54 Å². The normalized spacial score (nSPS) is 11.4. The molecule has 0 unspecified atom stereocenters. The molecule has 2 heterocycles. The van der Waals surface area contributed by atoms with Crippen LogP contribution in [0.15, 0.2) is 36.4 Å². The van der Waals surface area contributed by atoms with Crippen LogP contribution in [0, 0.1) is 34.6 Å². The van der Waals surface area contributed by atoms with E-state index in [9.17, 15) is 4.79 Å². The summed E-state index contributed by atoms with van der Waals surface area (Å²) in [5.74, 6) is -0.0894. The highest BCUT2D eigenvalue weighted by Gasteiger charge is 2.10. The molecular formula is C24H31N5O. The summed E-state index contributed by atoms with van der Waals surface area (Å²) in [5.41, 5.74) is 7.61. The lowest BCUT2D eigenvalue weighted by Gasteiger charge is -2.06. The minimum absolute atomic E-state index is 0.0894. The van der Waals surface area contributed by atoms with Crippen molar-refractivity contribution in [3.63, 3.8) is 0 Å². The predicted octanol–water partition coefficient (Wildman–Crippen LogP) is 3.89. The molecule has 30 heavy (non-hydrogen) atoms. The Hall–Kier alpha value is -3.15. The Labute approximate surface area is 178 Å². The molecule has 0 bridgehead atoms. The van der Waals surface area contributed by atoms with Crippen LogP contribution in [-0.2, 0) is 17.9 Å². The third kappa shape index (κ3) is 5.47. The zero-order chi connectivity index (χ0) is 21.7. The van der Waals surface area contributed by atoms with Gasteiger partial charge in [0.05, 0.1) is 17.9 Å². The van der Waals surface area contributed by atoms with Gasteiger partial charge in [0.15, 0.2) is 0 Å². The molecule has 0 aliphatic carbocycles. The van der Waals surface area contributed by atoms with Gasteiger partial charge in [-0.15, -0.1) is 0 Å². The maximum Gasteiger partial charge on any atom is 0.244 e. The zero-order valence-corrected chi connectivity index (χ0v) is 18.6. The third-order valence-corrected chi connectivity index (χ3v) is 5.24. The van der Waals surface area contributed by atoms with Crippen LogP contribution in [0.25, 0.3) is 6.08 Å². The largest absolute Gasteiger partial charge is 0.352 e. The van der Waals surface area contributed by atoms with Gasteiger partial charge in [-0.2, -0.15) is 10.2 Å². The Balaban J connectivity index is 1.53. The average molecular weight is 406 g/mol. The van der Waals surface area contributed by atoms with Gasteiger partial charge in [0.2, 0.25) is 5.91 Å². The number of aryl methyl sites for hydroxylation is 5. The fraction of sp³-hybridized carbons (Fsp3) is 0.375. The number of carbonyl (C=O) groups is 1. The molecule has 0 radical (unpaired) electrons. The van der Waals surface area contributed by atoms with Crippen LogP contribution in [0.1, 0.15) is 45.9 Å². The lowest BCUT2D eigenvalue weighted by molar-refractivity contribution is -0.116. The standard InChI is InChI=1S/C24H31N5O/c1-17-7-9-22(10-8-17)16-29-21(5)23(20(4)27-29)11-12-24(30)25-13-6-14-28-19(3)15-18(2)26-28/h7-12,15H,6,13-14,16H2,1-5H3,(H,25,30)/b12-11+. The molecule has 1 N–H and O–H groups in total. The predicted molar refractivity (Wildman–Crippen MR) is 120 cm³/mol. The van der Waals surface area contributed by atoms with E-state index < -0.39 is 0 Å². The maximum absolute atomic E-state index is 12.2. The molecule has 3 rings (SSSR count). The second-order valence-corrected chi connectivity index (χ2v) is 7.86. The number of hydrogen-bond donors (Lipinski definition) is 1. The number of rotatable bonds is 8. The minimum atomic E-state index is -0.0894. The van der Waals surface area contributed by atoms with Crippen LogP contribution >= 0.6 is 0 Å². The molecule has 1 amide bonds. The van der Waals surface area contributed by atoms with Gasteiger partial charge in [-0.25, -0.2) is 0 Å². The Bertz CT molecular complexity index is 1040. The van der Waals surface area contributed by atoms with Gasteiger partial charge >= 0.3 is 0 Å². The molecule has 158 valence electrons. The second kappa shape index (κ2) is 9.57. The van der Waals surface area contributed by atoms with Gasteiger partial charge in [-0.1, -0.05) is 29.8 Å². The smallest absolute Gasteiger partial charge is 0.244 e. The van der Waals surface area contributed by atoms with Crippen LogP contribution < -0.4 is 5.32 Å². The molecule has 0 saturated heterocycles. The first-order valence-corrected chi connectivity index (χ1v) is 10.4. The topological polar surface area (TPSA) is 64.7 Å². The van der Waals surface area contributed by atoms with Crippen LogP contribution in [-0.4, -0.2) is 32.0 Å². The van der Waals surface area contributed by atoms with Gasteiger partial charge in [0.25, 0.3) is 0 Å². The van der Waals surface area contributed by atoms with E-state index in [2.05, 4.69) is 52.8 Å². The van der Waals surface area contributed by atoms with Gasteiger partial charge < -0.3 is 5.32 Å². The van der Waals surface area contributed by atoms with Crippen molar-refractivity contribution in [3.8, 4) is 0 Å². The summed E-state index contributed by atoms with van der Waals surface area (Å²) in [5, 5.41) is 12.0. The number of carbonyl (C=O) groups excluding carboxylic acids is 1. The van der Waals surface area contributed by atoms with Gasteiger partial charge in [-0.05, 0) is 58.7 Å². The summed E-state index contributed by atoms with van der Waals surface area (Å²) in [6, 6.07) is 10.5.